The molecule has 26 heavy (non-hydrogen) atoms. The Balaban J connectivity index is 1.69. The molecule has 3 rings (SSSR count). The fraction of sp³-hybridized carbons (Fsp3) is 0.222. The maximum absolute atomic E-state index is 12.3. The number of ketones is 1. The van der Waals surface area contributed by atoms with Crippen molar-refractivity contribution in [2.45, 2.75) is 27.4 Å². The summed E-state index contributed by atoms with van der Waals surface area (Å²) >= 11 is 6.14. The molecule has 7 nitrogen and oxygen atoms in total. The molecule has 0 saturated heterocycles. The minimum Gasteiger partial charge on any atom is -0.321 e. The number of aryl methyl sites for hydroxylation is 1. The van der Waals surface area contributed by atoms with Gasteiger partial charge >= 0.3 is 0 Å². The lowest BCUT2D eigenvalue weighted by Gasteiger charge is -2.05. The number of aromatic nitrogens is 4. The van der Waals surface area contributed by atoms with E-state index in [1.165, 1.54) is 6.92 Å². The quantitative estimate of drug-likeness (QED) is 0.697. The maximum Gasteiger partial charge on any atom is 0.276 e. The van der Waals surface area contributed by atoms with Crippen molar-refractivity contribution in [3.63, 3.8) is 0 Å². The summed E-state index contributed by atoms with van der Waals surface area (Å²) in [6, 6.07) is 8.34. The minimum absolute atomic E-state index is 0.0223. The van der Waals surface area contributed by atoms with E-state index in [2.05, 4.69) is 15.5 Å². The molecule has 0 unspecified atom stereocenters. The first-order valence-electron chi connectivity index (χ1n) is 8.00. The summed E-state index contributed by atoms with van der Waals surface area (Å²) in [5.74, 6) is -0.350. The molecule has 0 aliphatic carbocycles. The number of anilines is 1. The van der Waals surface area contributed by atoms with Gasteiger partial charge in [0.2, 0.25) is 0 Å². The fourth-order valence-corrected chi connectivity index (χ4v) is 2.63. The predicted molar refractivity (Wildman–Crippen MR) is 98.7 cm³/mol. The van der Waals surface area contributed by atoms with Crippen molar-refractivity contribution < 1.29 is 9.59 Å². The van der Waals surface area contributed by atoms with Gasteiger partial charge in [0.05, 0.1) is 16.4 Å². The zero-order chi connectivity index (χ0) is 18.8. The number of carbonyl (C=O) groups is 2. The van der Waals surface area contributed by atoms with Gasteiger partial charge in [0.25, 0.3) is 5.91 Å². The summed E-state index contributed by atoms with van der Waals surface area (Å²) in [5.41, 5.74) is 3.07. The Morgan fingerprint density at radius 3 is 2.38 bits per heavy atom. The van der Waals surface area contributed by atoms with Crippen LogP contribution in [0.1, 0.15) is 39.2 Å². The number of carbonyl (C=O) groups excluding carboxylic acids is 2. The van der Waals surface area contributed by atoms with Crippen molar-refractivity contribution in [2.75, 3.05) is 5.32 Å². The van der Waals surface area contributed by atoms with Crippen LogP contribution in [0.5, 0.6) is 0 Å². The monoisotopic (exact) mass is 371 g/mol. The zero-order valence-electron chi connectivity index (χ0n) is 14.7. The second kappa shape index (κ2) is 7.13. The molecule has 0 bridgehead atoms. The van der Waals surface area contributed by atoms with Crippen LogP contribution in [-0.4, -0.2) is 31.3 Å². The normalized spacial score (nSPS) is 10.8. The molecule has 1 amide bonds. The highest BCUT2D eigenvalue weighted by Crippen LogP contribution is 2.19. The molecular formula is C18H18ClN5O2. The minimum atomic E-state index is -0.328. The van der Waals surface area contributed by atoms with Gasteiger partial charge in [-0.1, -0.05) is 11.6 Å². The Bertz CT molecular complexity index is 972. The van der Waals surface area contributed by atoms with Gasteiger partial charge in [-0.25, -0.2) is 4.68 Å². The van der Waals surface area contributed by atoms with E-state index >= 15 is 0 Å². The first kappa shape index (κ1) is 17.9. The molecule has 0 atom stereocenters. The molecule has 8 heteroatoms. The SMILES string of the molecule is CC(=O)c1ccc(NC(=O)c2ccn(Cn3nc(C)c(Cl)c3C)n2)cc1. The number of halogens is 1. The van der Waals surface area contributed by atoms with Gasteiger partial charge in [-0.05, 0) is 51.1 Å². The largest absolute Gasteiger partial charge is 0.321 e. The molecule has 0 aliphatic heterocycles. The van der Waals surface area contributed by atoms with Gasteiger partial charge in [0.1, 0.15) is 6.67 Å². The zero-order valence-corrected chi connectivity index (χ0v) is 15.4. The van der Waals surface area contributed by atoms with Gasteiger partial charge in [-0.15, -0.1) is 0 Å². The van der Waals surface area contributed by atoms with E-state index in [0.717, 1.165) is 11.4 Å². The Kier molecular flexibility index (Phi) is 4.90. The lowest BCUT2D eigenvalue weighted by molar-refractivity contribution is 0.101. The summed E-state index contributed by atoms with van der Waals surface area (Å²) in [6.45, 7) is 5.57. The number of amides is 1. The van der Waals surface area contributed by atoms with Crippen LogP contribution >= 0.6 is 11.6 Å². The van der Waals surface area contributed by atoms with Crippen molar-refractivity contribution in [3.8, 4) is 0 Å². The number of nitrogens with zero attached hydrogens (tertiary/aromatic N) is 4. The summed E-state index contributed by atoms with van der Waals surface area (Å²) < 4.78 is 3.34. The van der Waals surface area contributed by atoms with Gasteiger partial charge in [0.15, 0.2) is 11.5 Å². The molecule has 2 aromatic heterocycles. The molecular weight excluding hydrogens is 354 g/mol. The van der Waals surface area contributed by atoms with Gasteiger partial charge in [0, 0.05) is 17.4 Å². The maximum atomic E-state index is 12.3. The van der Waals surface area contributed by atoms with Crippen molar-refractivity contribution in [2.24, 2.45) is 0 Å². The van der Waals surface area contributed by atoms with Crippen LogP contribution < -0.4 is 5.32 Å². The van der Waals surface area contributed by atoms with Crippen LogP contribution in [-0.2, 0) is 6.67 Å². The number of Topliss-reactive ketones (excluding diaryl/α,β-unsaturated/α-hetero) is 1. The van der Waals surface area contributed by atoms with E-state index in [1.807, 2.05) is 13.8 Å². The molecule has 1 aromatic carbocycles. The highest BCUT2D eigenvalue weighted by molar-refractivity contribution is 6.31. The molecule has 134 valence electrons. The lowest BCUT2D eigenvalue weighted by Crippen LogP contribution is -2.15. The molecule has 3 aromatic rings. The Morgan fingerprint density at radius 2 is 1.81 bits per heavy atom. The number of nitrogens with one attached hydrogen (secondary N) is 1. The molecule has 0 saturated carbocycles. The van der Waals surface area contributed by atoms with Crippen LogP contribution in [0.3, 0.4) is 0 Å². The van der Waals surface area contributed by atoms with Crippen molar-refractivity contribution in [1.29, 1.82) is 0 Å². The van der Waals surface area contributed by atoms with Crippen molar-refractivity contribution in [1.82, 2.24) is 19.6 Å². The fourth-order valence-electron chi connectivity index (χ4n) is 2.49. The number of hydrogen-bond donors (Lipinski definition) is 1. The molecule has 0 radical (unpaired) electrons. The number of rotatable bonds is 5. The van der Waals surface area contributed by atoms with E-state index < -0.39 is 0 Å². The number of hydrogen-bond acceptors (Lipinski definition) is 4. The second-order valence-electron chi connectivity index (χ2n) is 5.95. The third kappa shape index (κ3) is 3.67. The van der Waals surface area contributed by atoms with Crippen molar-refractivity contribution in [3.05, 3.63) is 64.2 Å². The van der Waals surface area contributed by atoms with Gasteiger partial charge in [-0.2, -0.15) is 10.2 Å². The molecule has 2 heterocycles. The van der Waals surface area contributed by atoms with Crippen LogP contribution in [0.15, 0.2) is 36.5 Å². The summed E-state index contributed by atoms with van der Waals surface area (Å²) in [6.07, 6.45) is 1.71. The predicted octanol–water partition coefficient (Wildman–Crippen LogP) is 3.31. The van der Waals surface area contributed by atoms with E-state index in [-0.39, 0.29) is 17.4 Å². The topological polar surface area (TPSA) is 81.8 Å². The first-order valence-corrected chi connectivity index (χ1v) is 8.38. The lowest BCUT2D eigenvalue weighted by atomic mass is 10.1. The number of benzene rings is 1. The molecule has 0 fully saturated rings. The van der Waals surface area contributed by atoms with E-state index in [4.69, 9.17) is 11.6 Å². The van der Waals surface area contributed by atoms with Crippen molar-refractivity contribution >= 4 is 29.0 Å². The Labute approximate surface area is 155 Å². The molecule has 0 spiro atoms. The first-order chi connectivity index (χ1) is 12.3. The second-order valence-corrected chi connectivity index (χ2v) is 6.33. The third-order valence-corrected chi connectivity index (χ3v) is 4.54. The van der Waals surface area contributed by atoms with Crippen LogP contribution in [0.4, 0.5) is 5.69 Å². The Hall–Kier alpha value is -2.93. The van der Waals surface area contributed by atoms with E-state index in [9.17, 15) is 9.59 Å². The molecule has 1 N–H and O–H groups in total. The summed E-state index contributed by atoms with van der Waals surface area (Å²) in [7, 11) is 0. The van der Waals surface area contributed by atoms with Crippen LogP contribution in [0.25, 0.3) is 0 Å². The van der Waals surface area contributed by atoms with Crippen LogP contribution in [0.2, 0.25) is 5.02 Å². The summed E-state index contributed by atoms with van der Waals surface area (Å²) in [4.78, 5) is 23.6. The average molecular weight is 372 g/mol. The van der Waals surface area contributed by atoms with E-state index in [1.54, 1.807) is 45.9 Å². The standard InChI is InChI=1S/C18H18ClN5O2/c1-11-17(19)12(2)24(21-11)10-23-9-8-16(22-23)18(26)20-15-6-4-14(5-7-15)13(3)25/h4-9H,10H2,1-3H3,(H,20,26). The molecule has 0 aliphatic rings. The average Bonchev–Trinajstić information content (AvgIpc) is 3.17. The van der Waals surface area contributed by atoms with Crippen LogP contribution in [0, 0.1) is 13.8 Å². The smallest absolute Gasteiger partial charge is 0.276 e. The third-order valence-electron chi connectivity index (χ3n) is 3.99. The van der Waals surface area contributed by atoms with Gasteiger partial charge in [-0.3, -0.25) is 14.3 Å². The summed E-state index contributed by atoms with van der Waals surface area (Å²) in [5, 5.41) is 12.0. The Morgan fingerprint density at radius 1 is 1.12 bits per heavy atom. The highest BCUT2D eigenvalue weighted by Gasteiger charge is 2.13. The van der Waals surface area contributed by atoms with Gasteiger partial charge < -0.3 is 5.32 Å². The van der Waals surface area contributed by atoms with E-state index in [0.29, 0.717) is 22.9 Å². The highest BCUT2D eigenvalue weighted by atomic mass is 35.5.